The third kappa shape index (κ3) is 3.72. The van der Waals surface area contributed by atoms with Crippen molar-refractivity contribution in [2.45, 2.75) is 46.1 Å². The lowest BCUT2D eigenvalue weighted by Gasteiger charge is -2.38. The van der Waals surface area contributed by atoms with Gasteiger partial charge < -0.3 is 10.5 Å². The Morgan fingerprint density at radius 1 is 1.37 bits per heavy atom. The largest absolute Gasteiger partial charge is 0.459 e. The zero-order valence-electron chi connectivity index (χ0n) is 12.0. The molecule has 1 aliphatic carbocycles. The zero-order chi connectivity index (χ0) is 14.0. The third-order valence-electron chi connectivity index (χ3n) is 3.74. The number of rotatable bonds is 2. The first-order valence-corrected chi connectivity index (χ1v) is 6.92. The Bertz CT molecular complexity index is 468. The molecule has 1 aliphatic rings. The van der Waals surface area contributed by atoms with Crippen molar-refractivity contribution in [3.8, 4) is 0 Å². The first-order chi connectivity index (χ1) is 8.85. The Hall–Kier alpha value is -1.51. The van der Waals surface area contributed by atoms with Gasteiger partial charge in [0, 0.05) is 5.69 Å². The van der Waals surface area contributed by atoms with Crippen LogP contribution in [0.4, 0.5) is 5.69 Å². The van der Waals surface area contributed by atoms with Crippen LogP contribution in [0.5, 0.6) is 0 Å². The van der Waals surface area contributed by atoms with E-state index < -0.39 is 0 Å². The number of hydrogen-bond acceptors (Lipinski definition) is 3. The maximum absolute atomic E-state index is 12.1. The molecule has 2 atom stereocenters. The first-order valence-electron chi connectivity index (χ1n) is 6.92. The lowest BCUT2D eigenvalue weighted by atomic mass is 9.71. The monoisotopic (exact) mass is 261 g/mol. The molecule has 2 unspecified atom stereocenters. The average molecular weight is 261 g/mol. The van der Waals surface area contributed by atoms with E-state index in [0.29, 0.717) is 17.2 Å². The van der Waals surface area contributed by atoms with Gasteiger partial charge >= 0.3 is 5.97 Å². The van der Waals surface area contributed by atoms with Crippen molar-refractivity contribution in [1.29, 1.82) is 0 Å². The highest BCUT2D eigenvalue weighted by atomic mass is 16.5. The van der Waals surface area contributed by atoms with Gasteiger partial charge in [-0.25, -0.2) is 4.79 Å². The predicted octanol–water partition coefficient (Wildman–Crippen LogP) is 3.64. The van der Waals surface area contributed by atoms with E-state index in [-0.39, 0.29) is 17.5 Å². The standard InChI is InChI=1S/C16H23NO2/c1-11-7-14(10-16(2,3)9-11)19-15(18)12-5-4-6-13(17)8-12/h4-6,8,11,14H,7,9-10,17H2,1-3H3. The summed E-state index contributed by atoms with van der Waals surface area (Å²) >= 11 is 0. The van der Waals surface area contributed by atoms with Crippen LogP contribution in [0.15, 0.2) is 24.3 Å². The number of nitrogens with two attached hydrogens (primary N) is 1. The van der Waals surface area contributed by atoms with Gasteiger partial charge in [-0.05, 0) is 48.8 Å². The molecule has 104 valence electrons. The SMILES string of the molecule is CC1CC(OC(=O)c2cccc(N)c2)CC(C)(C)C1. The van der Waals surface area contributed by atoms with Crippen LogP contribution in [0.2, 0.25) is 0 Å². The number of benzene rings is 1. The molecule has 0 amide bonds. The summed E-state index contributed by atoms with van der Waals surface area (Å²) in [6.45, 7) is 6.70. The van der Waals surface area contributed by atoms with Gasteiger partial charge in [0.1, 0.15) is 6.10 Å². The Morgan fingerprint density at radius 2 is 2.11 bits per heavy atom. The summed E-state index contributed by atoms with van der Waals surface area (Å²) < 4.78 is 5.64. The van der Waals surface area contributed by atoms with Crippen LogP contribution in [0.3, 0.4) is 0 Å². The minimum absolute atomic E-state index is 0.0210. The maximum atomic E-state index is 12.1. The molecule has 1 saturated carbocycles. The van der Waals surface area contributed by atoms with E-state index in [0.717, 1.165) is 12.8 Å². The highest BCUT2D eigenvalue weighted by Gasteiger charge is 2.34. The molecule has 19 heavy (non-hydrogen) atoms. The molecule has 0 aromatic heterocycles. The van der Waals surface area contributed by atoms with Gasteiger partial charge in [0.2, 0.25) is 0 Å². The van der Waals surface area contributed by atoms with Gasteiger partial charge in [-0.3, -0.25) is 0 Å². The van der Waals surface area contributed by atoms with Crippen molar-refractivity contribution in [1.82, 2.24) is 0 Å². The van der Waals surface area contributed by atoms with E-state index >= 15 is 0 Å². The van der Waals surface area contributed by atoms with Crippen LogP contribution < -0.4 is 5.73 Å². The van der Waals surface area contributed by atoms with Crippen molar-refractivity contribution in [3.05, 3.63) is 29.8 Å². The average Bonchev–Trinajstić information content (AvgIpc) is 2.25. The molecule has 3 nitrogen and oxygen atoms in total. The Morgan fingerprint density at radius 3 is 2.74 bits per heavy atom. The van der Waals surface area contributed by atoms with Crippen LogP contribution >= 0.6 is 0 Å². The Labute approximate surface area is 115 Å². The number of ether oxygens (including phenoxy) is 1. The fourth-order valence-electron chi connectivity index (χ4n) is 3.23. The molecule has 0 aliphatic heterocycles. The van der Waals surface area contributed by atoms with Gasteiger partial charge in [0.25, 0.3) is 0 Å². The summed E-state index contributed by atoms with van der Waals surface area (Å²) in [4.78, 5) is 12.1. The van der Waals surface area contributed by atoms with E-state index in [2.05, 4.69) is 20.8 Å². The van der Waals surface area contributed by atoms with E-state index in [1.165, 1.54) is 6.42 Å². The number of hydrogen-bond donors (Lipinski definition) is 1. The van der Waals surface area contributed by atoms with Crippen LogP contribution in [0.1, 0.15) is 50.4 Å². The molecule has 0 bridgehead atoms. The summed E-state index contributed by atoms with van der Waals surface area (Å²) in [7, 11) is 0. The first kappa shape index (κ1) is 13.9. The fourth-order valence-corrected chi connectivity index (χ4v) is 3.23. The van der Waals surface area contributed by atoms with Gasteiger partial charge in [0.15, 0.2) is 0 Å². The molecule has 1 aromatic carbocycles. The quantitative estimate of drug-likeness (QED) is 0.653. The zero-order valence-corrected chi connectivity index (χ0v) is 12.0. The minimum atomic E-state index is -0.262. The molecule has 1 aromatic rings. The lowest BCUT2D eigenvalue weighted by molar-refractivity contribution is -0.00714. The molecule has 1 fully saturated rings. The topological polar surface area (TPSA) is 52.3 Å². The smallest absolute Gasteiger partial charge is 0.338 e. The highest BCUT2D eigenvalue weighted by Crippen LogP contribution is 2.39. The second-order valence-corrected chi connectivity index (χ2v) is 6.57. The second kappa shape index (κ2) is 5.24. The molecule has 0 heterocycles. The van der Waals surface area contributed by atoms with Crippen molar-refractivity contribution < 1.29 is 9.53 Å². The fraction of sp³-hybridized carbons (Fsp3) is 0.562. The second-order valence-electron chi connectivity index (χ2n) is 6.57. The van der Waals surface area contributed by atoms with E-state index in [1.54, 1.807) is 24.3 Å². The molecule has 2 rings (SSSR count). The summed E-state index contributed by atoms with van der Waals surface area (Å²) in [5.41, 5.74) is 7.06. The number of anilines is 1. The summed E-state index contributed by atoms with van der Waals surface area (Å²) in [5.74, 6) is 0.338. The number of esters is 1. The van der Waals surface area contributed by atoms with Crippen molar-refractivity contribution in [2.75, 3.05) is 5.73 Å². The molecular weight excluding hydrogens is 238 g/mol. The van der Waals surface area contributed by atoms with Crippen LogP contribution in [-0.2, 0) is 4.74 Å². The number of carbonyl (C=O) groups excluding carboxylic acids is 1. The number of carbonyl (C=O) groups is 1. The molecule has 0 spiro atoms. The third-order valence-corrected chi connectivity index (χ3v) is 3.74. The van der Waals surface area contributed by atoms with Crippen molar-refractivity contribution in [3.63, 3.8) is 0 Å². The summed E-state index contributed by atoms with van der Waals surface area (Å²) in [6.07, 6.45) is 3.11. The lowest BCUT2D eigenvalue weighted by Crippen LogP contribution is -2.34. The highest BCUT2D eigenvalue weighted by molar-refractivity contribution is 5.90. The van der Waals surface area contributed by atoms with Gasteiger partial charge in [0.05, 0.1) is 5.56 Å². The molecular formula is C16H23NO2. The maximum Gasteiger partial charge on any atom is 0.338 e. The van der Waals surface area contributed by atoms with Crippen molar-refractivity contribution >= 4 is 11.7 Å². The van der Waals surface area contributed by atoms with Crippen LogP contribution in [0.25, 0.3) is 0 Å². The normalized spacial score (nSPS) is 25.8. The molecule has 3 heteroatoms. The van der Waals surface area contributed by atoms with Gasteiger partial charge in [-0.1, -0.05) is 26.8 Å². The van der Waals surface area contributed by atoms with E-state index in [1.807, 2.05) is 0 Å². The summed E-state index contributed by atoms with van der Waals surface area (Å²) in [5, 5.41) is 0. The Kier molecular flexibility index (Phi) is 3.83. The molecule has 0 saturated heterocycles. The van der Waals surface area contributed by atoms with Gasteiger partial charge in [-0.15, -0.1) is 0 Å². The van der Waals surface area contributed by atoms with Crippen molar-refractivity contribution in [2.24, 2.45) is 11.3 Å². The van der Waals surface area contributed by atoms with E-state index in [9.17, 15) is 4.79 Å². The number of nitrogen functional groups attached to an aromatic ring is 1. The molecule has 2 N–H and O–H groups in total. The van der Waals surface area contributed by atoms with E-state index in [4.69, 9.17) is 10.5 Å². The van der Waals surface area contributed by atoms with Gasteiger partial charge in [-0.2, -0.15) is 0 Å². The van der Waals surface area contributed by atoms with Crippen LogP contribution in [0, 0.1) is 11.3 Å². The predicted molar refractivity (Wildman–Crippen MR) is 76.9 cm³/mol. The minimum Gasteiger partial charge on any atom is -0.459 e. The summed E-state index contributed by atoms with van der Waals surface area (Å²) in [6, 6.07) is 6.96. The van der Waals surface area contributed by atoms with Crippen LogP contribution in [-0.4, -0.2) is 12.1 Å². The Balaban J connectivity index is 2.03. The molecule has 0 radical (unpaired) electrons.